The highest BCUT2D eigenvalue weighted by Gasteiger charge is 2.26. The van der Waals surface area contributed by atoms with Gasteiger partial charge in [0.05, 0.1) is 6.04 Å². The third-order valence-electron chi connectivity index (χ3n) is 6.66. The highest BCUT2D eigenvalue weighted by atomic mass is 19.1. The van der Waals surface area contributed by atoms with Crippen molar-refractivity contribution in [2.75, 3.05) is 0 Å². The molecule has 1 aromatic heterocycles. The second kappa shape index (κ2) is 12.6. The number of aryl methyl sites for hydroxylation is 1. The van der Waals surface area contributed by atoms with Crippen molar-refractivity contribution >= 4 is 5.91 Å². The quantitative estimate of drug-likeness (QED) is 0.211. The number of unbranched alkanes of at least 4 members (excludes halogenated alkanes) is 2. The van der Waals surface area contributed by atoms with E-state index in [9.17, 15) is 18.0 Å². The second-order valence-electron chi connectivity index (χ2n) is 9.47. The molecule has 0 aliphatic heterocycles. The van der Waals surface area contributed by atoms with Crippen LogP contribution in [0.3, 0.4) is 0 Å². The van der Waals surface area contributed by atoms with Gasteiger partial charge in [-0.3, -0.25) is 4.79 Å². The first-order valence-corrected chi connectivity index (χ1v) is 13.0. The van der Waals surface area contributed by atoms with Crippen LogP contribution in [0.2, 0.25) is 0 Å². The largest absolute Gasteiger partial charge is 0.344 e. The molecule has 0 aliphatic carbocycles. The third kappa shape index (κ3) is 6.52. The van der Waals surface area contributed by atoms with Crippen LogP contribution in [0.5, 0.6) is 0 Å². The van der Waals surface area contributed by atoms with Crippen molar-refractivity contribution < 1.29 is 18.0 Å². The molecule has 1 heterocycles. The Bertz CT molecular complexity index is 1380. The number of amides is 1. The average Bonchev–Trinajstić information content (AvgIpc) is 3.26. The standard InChI is InChI=1S/C31H32F3N3O/c1-3-4-6-14-26-28(17-15-22-10-9-13-24(32)19-22)37(29-18-16-25(33)20-27(29)34)36-30(26)31(38)35-21(2)23-11-7-5-8-12-23/h5,7-13,16,18-21H,3-4,6,14-15,17H2,1-2H3,(H,35,38)/t21-/m1/s1. The number of rotatable bonds is 11. The minimum Gasteiger partial charge on any atom is -0.344 e. The van der Waals surface area contributed by atoms with Gasteiger partial charge in [-0.05, 0) is 68.0 Å². The first-order chi connectivity index (χ1) is 18.4. The lowest BCUT2D eigenvalue weighted by molar-refractivity contribution is 0.0933. The van der Waals surface area contributed by atoms with Crippen LogP contribution in [0.4, 0.5) is 13.2 Å². The Kier molecular flexibility index (Phi) is 9.00. The van der Waals surface area contributed by atoms with Crippen LogP contribution in [0.15, 0.2) is 72.8 Å². The van der Waals surface area contributed by atoms with Crippen LogP contribution in [-0.4, -0.2) is 15.7 Å². The van der Waals surface area contributed by atoms with Crippen molar-refractivity contribution in [3.05, 3.63) is 118 Å². The van der Waals surface area contributed by atoms with Gasteiger partial charge in [-0.2, -0.15) is 5.10 Å². The molecular formula is C31H32F3N3O. The third-order valence-corrected chi connectivity index (χ3v) is 6.66. The number of nitrogens with zero attached hydrogens (tertiary/aromatic N) is 2. The summed E-state index contributed by atoms with van der Waals surface area (Å²) in [6.45, 7) is 3.99. The summed E-state index contributed by atoms with van der Waals surface area (Å²) in [5.41, 5.74) is 3.41. The van der Waals surface area contributed by atoms with Crippen molar-refractivity contribution in [3.63, 3.8) is 0 Å². The van der Waals surface area contributed by atoms with Crippen LogP contribution >= 0.6 is 0 Å². The van der Waals surface area contributed by atoms with E-state index in [2.05, 4.69) is 17.3 Å². The lowest BCUT2D eigenvalue weighted by Crippen LogP contribution is -2.28. The predicted molar refractivity (Wildman–Crippen MR) is 143 cm³/mol. The number of hydrogen-bond acceptors (Lipinski definition) is 2. The van der Waals surface area contributed by atoms with Crippen molar-refractivity contribution in [1.82, 2.24) is 15.1 Å². The van der Waals surface area contributed by atoms with Crippen molar-refractivity contribution in [2.45, 2.75) is 58.4 Å². The fraction of sp³-hybridized carbons (Fsp3) is 0.290. The van der Waals surface area contributed by atoms with Crippen LogP contribution in [0.1, 0.15) is 72.0 Å². The van der Waals surface area contributed by atoms with Gasteiger partial charge < -0.3 is 5.32 Å². The summed E-state index contributed by atoms with van der Waals surface area (Å²) in [7, 11) is 0. The lowest BCUT2D eigenvalue weighted by atomic mass is 9.99. The maximum absolute atomic E-state index is 15.0. The fourth-order valence-corrected chi connectivity index (χ4v) is 4.64. The fourth-order valence-electron chi connectivity index (χ4n) is 4.64. The number of benzene rings is 3. The monoisotopic (exact) mass is 519 g/mol. The summed E-state index contributed by atoms with van der Waals surface area (Å²) < 4.78 is 43.9. The molecule has 1 atom stereocenters. The van der Waals surface area contributed by atoms with E-state index in [1.54, 1.807) is 6.07 Å². The number of halogens is 3. The number of carbonyl (C=O) groups is 1. The zero-order valence-corrected chi connectivity index (χ0v) is 21.7. The predicted octanol–water partition coefficient (Wildman–Crippen LogP) is 7.30. The summed E-state index contributed by atoms with van der Waals surface area (Å²) in [5.74, 6) is -2.17. The van der Waals surface area contributed by atoms with Gasteiger partial charge in [0.25, 0.3) is 5.91 Å². The molecule has 198 valence electrons. The summed E-state index contributed by atoms with van der Waals surface area (Å²) in [6.07, 6.45) is 4.23. The molecule has 0 unspecified atom stereocenters. The maximum atomic E-state index is 15.0. The van der Waals surface area contributed by atoms with Crippen molar-refractivity contribution in [3.8, 4) is 5.69 Å². The molecule has 0 fully saturated rings. The van der Waals surface area contributed by atoms with Gasteiger partial charge in [0.15, 0.2) is 11.5 Å². The van der Waals surface area contributed by atoms with Gasteiger partial charge in [-0.1, -0.05) is 62.2 Å². The molecule has 4 rings (SSSR count). The van der Waals surface area contributed by atoms with Crippen LogP contribution in [0.25, 0.3) is 5.69 Å². The molecule has 0 saturated carbocycles. The number of aromatic nitrogens is 2. The molecule has 0 aliphatic rings. The van der Waals surface area contributed by atoms with Crippen LogP contribution in [-0.2, 0) is 19.3 Å². The van der Waals surface area contributed by atoms with Gasteiger partial charge in [-0.15, -0.1) is 0 Å². The van der Waals surface area contributed by atoms with Gasteiger partial charge in [0, 0.05) is 17.3 Å². The molecule has 1 amide bonds. The van der Waals surface area contributed by atoms with E-state index in [0.29, 0.717) is 25.0 Å². The Morgan fingerprint density at radius 2 is 1.66 bits per heavy atom. The molecule has 1 N–H and O–H groups in total. The topological polar surface area (TPSA) is 46.9 Å². The molecule has 4 nitrogen and oxygen atoms in total. The summed E-state index contributed by atoms with van der Waals surface area (Å²) in [5, 5.41) is 7.62. The average molecular weight is 520 g/mol. The van der Waals surface area contributed by atoms with E-state index in [-0.39, 0.29) is 29.1 Å². The number of carbonyl (C=O) groups excluding carboxylic acids is 1. The summed E-state index contributed by atoms with van der Waals surface area (Å²) in [4.78, 5) is 13.5. The minimum absolute atomic E-state index is 0.0625. The Morgan fingerprint density at radius 1 is 0.895 bits per heavy atom. The molecule has 3 aromatic carbocycles. The molecule has 0 saturated heterocycles. The highest BCUT2D eigenvalue weighted by Crippen LogP contribution is 2.26. The molecule has 7 heteroatoms. The van der Waals surface area contributed by atoms with Gasteiger partial charge in [0.1, 0.15) is 17.3 Å². The van der Waals surface area contributed by atoms with Crippen LogP contribution < -0.4 is 5.32 Å². The molecule has 0 bridgehead atoms. The molecular weight excluding hydrogens is 487 g/mol. The maximum Gasteiger partial charge on any atom is 0.272 e. The summed E-state index contributed by atoms with van der Waals surface area (Å²) >= 11 is 0. The summed E-state index contributed by atoms with van der Waals surface area (Å²) in [6, 6.07) is 19.0. The molecule has 0 radical (unpaired) electrons. The smallest absolute Gasteiger partial charge is 0.272 e. The van der Waals surface area contributed by atoms with Gasteiger partial charge in [-0.25, -0.2) is 17.9 Å². The number of nitrogens with one attached hydrogen (secondary N) is 1. The molecule has 38 heavy (non-hydrogen) atoms. The zero-order chi connectivity index (χ0) is 27.1. The Hall–Kier alpha value is -3.87. The minimum atomic E-state index is -0.774. The molecule has 4 aromatic rings. The highest BCUT2D eigenvalue weighted by molar-refractivity contribution is 5.94. The van der Waals surface area contributed by atoms with E-state index >= 15 is 0 Å². The Labute approximate surface area is 221 Å². The van der Waals surface area contributed by atoms with E-state index in [0.717, 1.165) is 42.0 Å². The number of hydrogen-bond donors (Lipinski definition) is 1. The Morgan fingerprint density at radius 3 is 2.37 bits per heavy atom. The normalized spacial score (nSPS) is 11.9. The van der Waals surface area contributed by atoms with E-state index in [1.165, 1.54) is 28.9 Å². The van der Waals surface area contributed by atoms with Gasteiger partial charge >= 0.3 is 0 Å². The first kappa shape index (κ1) is 27.2. The van der Waals surface area contributed by atoms with E-state index < -0.39 is 11.6 Å². The second-order valence-corrected chi connectivity index (χ2v) is 9.47. The van der Waals surface area contributed by atoms with Crippen molar-refractivity contribution in [1.29, 1.82) is 0 Å². The zero-order valence-electron chi connectivity index (χ0n) is 21.7. The first-order valence-electron chi connectivity index (χ1n) is 13.0. The molecule has 0 spiro atoms. The Balaban J connectivity index is 1.76. The van der Waals surface area contributed by atoms with Gasteiger partial charge in [0.2, 0.25) is 0 Å². The lowest BCUT2D eigenvalue weighted by Gasteiger charge is -2.14. The SMILES string of the molecule is CCCCCc1c(C(=O)N[C@H](C)c2ccccc2)nn(-c2ccc(F)cc2F)c1CCc1cccc(F)c1. The van der Waals surface area contributed by atoms with Crippen molar-refractivity contribution in [2.24, 2.45) is 0 Å². The van der Waals surface area contributed by atoms with E-state index in [1.807, 2.05) is 43.3 Å². The van der Waals surface area contributed by atoms with E-state index in [4.69, 9.17) is 0 Å². The van der Waals surface area contributed by atoms with Crippen LogP contribution in [0, 0.1) is 17.5 Å².